The van der Waals surface area contributed by atoms with Gasteiger partial charge in [0.2, 0.25) is 5.91 Å². The van der Waals surface area contributed by atoms with Crippen molar-refractivity contribution < 1.29 is 9.90 Å². The Kier molecular flexibility index (Phi) is 3.92. The lowest BCUT2D eigenvalue weighted by Gasteiger charge is -2.25. The highest BCUT2D eigenvalue weighted by Crippen LogP contribution is 2.34. The molecule has 4 heteroatoms. The van der Waals surface area contributed by atoms with Crippen molar-refractivity contribution >= 4 is 11.6 Å². The van der Waals surface area contributed by atoms with E-state index in [2.05, 4.69) is 6.92 Å². The van der Waals surface area contributed by atoms with Gasteiger partial charge >= 0.3 is 0 Å². The molecule has 1 aliphatic heterocycles. The van der Waals surface area contributed by atoms with Gasteiger partial charge < -0.3 is 15.7 Å². The second kappa shape index (κ2) is 5.31. The van der Waals surface area contributed by atoms with Gasteiger partial charge in [0, 0.05) is 26.4 Å². The zero-order valence-electron chi connectivity index (χ0n) is 11.6. The molecule has 1 amide bonds. The van der Waals surface area contributed by atoms with Crippen LogP contribution in [0.4, 0.5) is 5.69 Å². The molecule has 1 aromatic carbocycles. The van der Waals surface area contributed by atoms with Crippen LogP contribution in [0.2, 0.25) is 0 Å². The number of rotatable bonds is 2. The molecule has 4 nitrogen and oxygen atoms in total. The molecule has 0 aliphatic carbocycles. The van der Waals surface area contributed by atoms with Crippen LogP contribution >= 0.6 is 0 Å². The van der Waals surface area contributed by atoms with E-state index in [-0.39, 0.29) is 12.5 Å². The average molecular weight is 262 g/mol. The van der Waals surface area contributed by atoms with Crippen molar-refractivity contribution in [3.63, 3.8) is 0 Å². The molecule has 2 rings (SSSR count). The van der Waals surface area contributed by atoms with Crippen molar-refractivity contribution in [2.75, 3.05) is 18.0 Å². The fraction of sp³-hybridized carbons (Fsp3) is 0.533. The van der Waals surface area contributed by atoms with E-state index in [0.717, 1.165) is 23.2 Å². The normalized spacial score (nSPS) is 22.8. The number of aryl methyl sites for hydroxylation is 1. The van der Waals surface area contributed by atoms with Gasteiger partial charge in [-0.15, -0.1) is 0 Å². The monoisotopic (exact) mass is 262 g/mol. The van der Waals surface area contributed by atoms with E-state index < -0.39 is 5.60 Å². The average Bonchev–Trinajstić information content (AvgIpc) is 2.54. The number of carbonyl (C=O) groups is 1. The van der Waals surface area contributed by atoms with Crippen molar-refractivity contribution in [2.24, 2.45) is 5.73 Å². The molecule has 3 N–H and O–H groups in total. The van der Waals surface area contributed by atoms with Gasteiger partial charge in [-0.05, 0) is 24.0 Å². The van der Waals surface area contributed by atoms with E-state index in [1.807, 2.05) is 18.2 Å². The second-order valence-corrected chi connectivity index (χ2v) is 5.30. The van der Waals surface area contributed by atoms with Crippen molar-refractivity contribution in [3.8, 4) is 0 Å². The van der Waals surface area contributed by atoms with Crippen LogP contribution in [0.15, 0.2) is 18.2 Å². The van der Waals surface area contributed by atoms with E-state index in [9.17, 15) is 9.90 Å². The standard InChI is InChI=1S/C15H22N2O2/c1-3-12-5-4-6-13-9-15(19,10-16)7-8-17(11(2)18)14(12)13/h4-6,19H,3,7-10,16H2,1-2H3. The molecule has 0 fully saturated rings. The van der Waals surface area contributed by atoms with E-state index in [1.165, 1.54) is 0 Å². The number of fused-ring (bicyclic) bond motifs is 1. The summed E-state index contributed by atoms with van der Waals surface area (Å²) in [4.78, 5) is 13.7. The summed E-state index contributed by atoms with van der Waals surface area (Å²) in [6.45, 7) is 4.39. The lowest BCUT2D eigenvalue weighted by Crippen LogP contribution is -2.41. The van der Waals surface area contributed by atoms with E-state index in [1.54, 1.807) is 11.8 Å². The van der Waals surface area contributed by atoms with Crippen LogP contribution in [0.5, 0.6) is 0 Å². The van der Waals surface area contributed by atoms with Gasteiger partial charge in [0.25, 0.3) is 0 Å². The molecule has 0 radical (unpaired) electrons. The molecule has 1 atom stereocenters. The summed E-state index contributed by atoms with van der Waals surface area (Å²) in [6, 6.07) is 6.01. The second-order valence-electron chi connectivity index (χ2n) is 5.30. The number of nitrogens with two attached hydrogens (primary N) is 1. The first-order chi connectivity index (χ1) is 9.00. The fourth-order valence-electron chi connectivity index (χ4n) is 2.78. The van der Waals surface area contributed by atoms with Crippen LogP contribution in [0.1, 0.15) is 31.4 Å². The Bertz CT molecular complexity index is 487. The number of anilines is 1. The summed E-state index contributed by atoms with van der Waals surface area (Å²) in [5, 5.41) is 10.5. The van der Waals surface area contributed by atoms with Gasteiger partial charge in [-0.2, -0.15) is 0 Å². The molecule has 1 unspecified atom stereocenters. The first kappa shape index (κ1) is 14.0. The Morgan fingerprint density at radius 1 is 1.53 bits per heavy atom. The maximum atomic E-state index is 11.9. The van der Waals surface area contributed by atoms with Crippen molar-refractivity contribution in [2.45, 2.75) is 38.7 Å². The molecule has 0 spiro atoms. The number of carbonyl (C=O) groups excluding carboxylic acids is 1. The van der Waals surface area contributed by atoms with Crippen molar-refractivity contribution in [1.82, 2.24) is 0 Å². The van der Waals surface area contributed by atoms with Gasteiger partial charge in [0.1, 0.15) is 0 Å². The Hall–Kier alpha value is -1.39. The zero-order valence-corrected chi connectivity index (χ0v) is 11.6. The number of amides is 1. The summed E-state index contributed by atoms with van der Waals surface area (Å²) in [7, 11) is 0. The third kappa shape index (κ3) is 2.65. The Morgan fingerprint density at radius 2 is 2.26 bits per heavy atom. The van der Waals surface area contributed by atoms with Crippen LogP contribution < -0.4 is 10.6 Å². The van der Waals surface area contributed by atoms with Gasteiger partial charge in [0.15, 0.2) is 0 Å². The van der Waals surface area contributed by atoms with E-state index in [4.69, 9.17) is 5.73 Å². The van der Waals surface area contributed by atoms with E-state index >= 15 is 0 Å². The summed E-state index contributed by atoms with van der Waals surface area (Å²) < 4.78 is 0. The molecule has 1 aromatic rings. The first-order valence-corrected chi connectivity index (χ1v) is 6.82. The topological polar surface area (TPSA) is 66.6 Å². The van der Waals surface area contributed by atoms with Gasteiger partial charge in [-0.3, -0.25) is 4.79 Å². The predicted molar refractivity (Wildman–Crippen MR) is 76.2 cm³/mol. The summed E-state index contributed by atoms with van der Waals surface area (Å²) in [6.07, 6.45) is 1.89. The predicted octanol–water partition coefficient (Wildman–Crippen LogP) is 1.24. The summed E-state index contributed by atoms with van der Waals surface area (Å²) >= 11 is 0. The maximum absolute atomic E-state index is 11.9. The lowest BCUT2D eigenvalue weighted by molar-refractivity contribution is -0.116. The Labute approximate surface area is 114 Å². The third-order valence-corrected chi connectivity index (χ3v) is 3.93. The van der Waals surface area contributed by atoms with E-state index in [0.29, 0.717) is 19.4 Å². The van der Waals surface area contributed by atoms with Crippen LogP contribution in [0.3, 0.4) is 0 Å². The summed E-state index contributed by atoms with van der Waals surface area (Å²) in [5.74, 6) is 0.0171. The SMILES string of the molecule is CCc1cccc2c1N(C(C)=O)CCC(O)(CN)C2. The highest BCUT2D eigenvalue weighted by molar-refractivity contribution is 5.93. The lowest BCUT2D eigenvalue weighted by atomic mass is 9.91. The molecular weight excluding hydrogens is 240 g/mol. The molecule has 1 heterocycles. The van der Waals surface area contributed by atoms with Crippen LogP contribution in [-0.2, 0) is 17.6 Å². The number of hydrogen-bond donors (Lipinski definition) is 2. The highest BCUT2D eigenvalue weighted by atomic mass is 16.3. The van der Waals surface area contributed by atoms with Crippen molar-refractivity contribution in [1.29, 1.82) is 0 Å². The minimum atomic E-state index is -0.911. The minimum Gasteiger partial charge on any atom is -0.388 e. The van der Waals surface area contributed by atoms with Gasteiger partial charge in [-0.1, -0.05) is 25.1 Å². The Balaban J connectivity index is 2.55. The van der Waals surface area contributed by atoms with Gasteiger partial charge in [-0.25, -0.2) is 0 Å². The van der Waals surface area contributed by atoms with Crippen LogP contribution in [0.25, 0.3) is 0 Å². The van der Waals surface area contributed by atoms with Crippen LogP contribution in [0, 0.1) is 0 Å². The zero-order chi connectivity index (χ0) is 14.0. The quantitative estimate of drug-likeness (QED) is 0.842. The maximum Gasteiger partial charge on any atom is 0.223 e. The number of aliphatic hydroxyl groups is 1. The van der Waals surface area contributed by atoms with Crippen LogP contribution in [-0.4, -0.2) is 29.7 Å². The molecule has 19 heavy (non-hydrogen) atoms. The van der Waals surface area contributed by atoms with Crippen molar-refractivity contribution in [3.05, 3.63) is 29.3 Å². The smallest absolute Gasteiger partial charge is 0.223 e. The number of para-hydroxylation sites is 1. The number of hydrogen-bond acceptors (Lipinski definition) is 3. The Morgan fingerprint density at radius 3 is 2.84 bits per heavy atom. The first-order valence-electron chi connectivity index (χ1n) is 6.82. The molecule has 0 bridgehead atoms. The number of benzene rings is 1. The molecule has 0 saturated heterocycles. The fourth-order valence-corrected chi connectivity index (χ4v) is 2.78. The summed E-state index contributed by atoms with van der Waals surface area (Å²) in [5.41, 5.74) is 7.93. The molecule has 1 aliphatic rings. The number of nitrogens with zero attached hydrogens (tertiary/aromatic N) is 1. The molecule has 0 aromatic heterocycles. The molecule has 104 valence electrons. The third-order valence-electron chi connectivity index (χ3n) is 3.93. The molecule has 0 saturated carbocycles. The van der Waals surface area contributed by atoms with Gasteiger partial charge in [0.05, 0.1) is 11.3 Å². The minimum absolute atomic E-state index is 0.0171. The highest BCUT2D eigenvalue weighted by Gasteiger charge is 2.33. The largest absolute Gasteiger partial charge is 0.388 e. The molecular formula is C15H22N2O2.